The summed E-state index contributed by atoms with van der Waals surface area (Å²) in [7, 11) is 1.62. The molecule has 3 rings (SSSR count). The molecule has 2 N–H and O–H groups in total. The van der Waals surface area contributed by atoms with Gasteiger partial charge in [0.15, 0.2) is 5.11 Å². The first-order chi connectivity index (χ1) is 12.5. The normalized spacial score (nSPS) is 10.4. The molecule has 2 aromatic carbocycles. The number of nitrogens with one attached hydrogen (secondary N) is 2. The first-order valence-corrected chi connectivity index (χ1v) is 8.88. The Labute approximate surface area is 166 Å². The molecule has 0 saturated heterocycles. The van der Waals surface area contributed by atoms with Gasteiger partial charge < -0.3 is 15.4 Å². The topological polar surface area (TPSA) is 51.1 Å². The van der Waals surface area contributed by atoms with Crippen LogP contribution in [0.3, 0.4) is 0 Å². The third kappa shape index (κ3) is 4.88. The molecule has 3 aromatic rings. The van der Waals surface area contributed by atoms with Gasteiger partial charge in [-0.3, -0.25) is 4.68 Å². The minimum absolute atomic E-state index is 0.460. The highest BCUT2D eigenvalue weighted by Gasteiger charge is 2.06. The van der Waals surface area contributed by atoms with Crippen molar-refractivity contribution in [1.82, 2.24) is 9.78 Å². The highest BCUT2D eigenvalue weighted by atomic mass is 35.5. The van der Waals surface area contributed by atoms with Gasteiger partial charge in [0.05, 0.1) is 25.5 Å². The van der Waals surface area contributed by atoms with Crippen molar-refractivity contribution in [3.63, 3.8) is 0 Å². The third-order valence-corrected chi connectivity index (χ3v) is 4.36. The number of halogens is 2. The number of ether oxygens (including phenoxy) is 1. The van der Waals surface area contributed by atoms with E-state index in [2.05, 4.69) is 15.7 Å². The number of nitrogens with zero attached hydrogens (tertiary/aromatic N) is 2. The third-order valence-electron chi connectivity index (χ3n) is 3.57. The number of hydrogen-bond donors (Lipinski definition) is 2. The van der Waals surface area contributed by atoms with Crippen LogP contribution in [0.15, 0.2) is 54.9 Å². The predicted molar refractivity (Wildman–Crippen MR) is 111 cm³/mol. The van der Waals surface area contributed by atoms with Gasteiger partial charge in [0.25, 0.3) is 0 Å². The Bertz CT molecular complexity index is 929. The predicted octanol–water partition coefficient (Wildman–Crippen LogP) is 5.06. The fraction of sp³-hybridized carbons (Fsp3) is 0.111. The van der Waals surface area contributed by atoms with Crippen LogP contribution in [-0.4, -0.2) is 22.0 Å². The summed E-state index contributed by atoms with van der Waals surface area (Å²) in [6, 6.07) is 12.9. The molecule has 0 aliphatic carbocycles. The molecule has 0 aliphatic rings. The SMILES string of the molecule is COc1cccc(NC(=S)Nc2cnn(Cc3ccc(Cl)cc3Cl)c2)c1. The van der Waals surface area contributed by atoms with Gasteiger partial charge in [0.2, 0.25) is 0 Å². The van der Waals surface area contributed by atoms with E-state index < -0.39 is 0 Å². The molecule has 0 saturated carbocycles. The first kappa shape index (κ1) is 18.5. The number of rotatable bonds is 5. The molecule has 8 heteroatoms. The van der Waals surface area contributed by atoms with Crippen molar-refractivity contribution in [3.05, 3.63) is 70.5 Å². The second-order valence-electron chi connectivity index (χ2n) is 5.47. The van der Waals surface area contributed by atoms with E-state index >= 15 is 0 Å². The fourth-order valence-corrected chi connectivity index (χ4v) is 3.04. The van der Waals surface area contributed by atoms with Crippen molar-refractivity contribution >= 4 is 51.9 Å². The largest absolute Gasteiger partial charge is 0.497 e. The van der Waals surface area contributed by atoms with Crippen molar-refractivity contribution in [2.45, 2.75) is 6.54 Å². The van der Waals surface area contributed by atoms with Crippen LogP contribution < -0.4 is 15.4 Å². The lowest BCUT2D eigenvalue weighted by atomic mass is 10.2. The van der Waals surface area contributed by atoms with Gasteiger partial charge >= 0.3 is 0 Å². The molecule has 134 valence electrons. The van der Waals surface area contributed by atoms with E-state index in [9.17, 15) is 0 Å². The molecule has 1 aromatic heterocycles. The summed E-state index contributed by atoms with van der Waals surface area (Å²) < 4.78 is 6.97. The van der Waals surface area contributed by atoms with Crippen LogP contribution in [0.25, 0.3) is 0 Å². The van der Waals surface area contributed by atoms with Crippen LogP contribution in [0.5, 0.6) is 5.75 Å². The zero-order valence-electron chi connectivity index (χ0n) is 13.9. The minimum Gasteiger partial charge on any atom is -0.497 e. The monoisotopic (exact) mass is 406 g/mol. The lowest BCUT2D eigenvalue weighted by Crippen LogP contribution is -2.18. The molecule has 1 heterocycles. The number of anilines is 2. The number of thiocarbonyl (C=S) groups is 1. The molecular weight excluding hydrogens is 391 g/mol. The maximum atomic E-state index is 6.20. The fourth-order valence-electron chi connectivity index (χ4n) is 2.33. The molecule has 0 amide bonds. The van der Waals surface area contributed by atoms with Gasteiger partial charge in [-0.1, -0.05) is 35.3 Å². The van der Waals surface area contributed by atoms with Gasteiger partial charge in [-0.05, 0) is 42.0 Å². The van der Waals surface area contributed by atoms with Gasteiger partial charge in [0.1, 0.15) is 5.75 Å². The van der Waals surface area contributed by atoms with E-state index in [1.807, 2.05) is 36.5 Å². The molecule has 0 bridgehead atoms. The Morgan fingerprint density at radius 3 is 2.73 bits per heavy atom. The Balaban J connectivity index is 1.61. The average molecular weight is 407 g/mol. The quantitative estimate of drug-likeness (QED) is 0.580. The average Bonchev–Trinajstić information content (AvgIpc) is 3.04. The zero-order valence-corrected chi connectivity index (χ0v) is 16.2. The standard InChI is InChI=1S/C18H16Cl2N4OS/c1-25-16-4-2-3-14(8-16)22-18(26)23-15-9-21-24(11-15)10-12-5-6-13(19)7-17(12)20/h2-9,11H,10H2,1H3,(H2,22,23,26). The number of benzene rings is 2. The molecule has 0 unspecified atom stereocenters. The highest BCUT2D eigenvalue weighted by Crippen LogP contribution is 2.22. The Morgan fingerprint density at radius 1 is 1.15 bits per heavy atom. The second-order valence-corrected chi connectivity index (χ2v) is 6.73. The van der Waals surface area contributed by atoms with Crippen LogP contribution in [0.1, 0.15) is 5.56 Å². The van der Waals surface area contributed by atoms with Crippen LogP contribution in [-0.2, 0) is 6.54 Å². The highest BCUT2D eigenvalue weighted by molar-refractivity contribution is 7.80. The molecule has 0 spiro atoms. The van der Waals surface area contributed by atoms with Crippen LogP contribution >= 0.6 is 35.4 Å². The van der Waals surface area contributed by atoms with Crippen molar-refractivity contribution in [2.24, 2.45) is 0 Å². The Hall–Kier alpha value is -2.28. The van der Waals surface area contributed by atoms with E-state index in [1.165, 1.54) is 0 Å². The van der Waals surface area contributed by atoms with Crippen molar-refractivity contribution < 1.29 is 4.74 Å². The molecule has 0 fully saturated rings. The summed E-state index contributed by atoms with van der Waals surface area (Å²) in [5.41, 5.74) is 2.54. The Morgan fingerprint density at radius 2 is 1.96 bits per heavy atom. The van der Waals surface area contributed by atoms with Crippen LogP contribution in [0.2, 0.25) is 10.0 Å². The van der Waals surface area contributed by atoms with Crippen molar-refractivity contribution in [1.29, 1.82) is 0 Å². The number of hydrogen-bond acceptors (Lipinski definition) is 3. The summed E-state index contributed by atoms with van der Waals surface area (Å²) in [4.78, 5) is 0. The summed E-state index contributed by atoms with van der Waals surface area (Å²) in [6.07, 6.45) is 3.55. The van der Waals surface area contributed by atoms with E-state index in [0.717, 1.165) is 22.7 Å². The van der Waals surface area contributed by atoms with E-state index in [-0.39, 0.29) is 0 Å². The molecule has 5 nitrogen and oxygen atoms in total. The molecular formula is C18H16Cl2N4OS. The van der Waals surface area contributed by atoms with Crippen molar-refractivity contribution in [2.75, 3.05) is 17.7 Å². The van der Waals surface area contributed by atoms with E-state index in [4.69, 9.17) is 40.2 Å². The van der Waals surface area contributed by atoms with E-state index in [0.29, 0.717) is 21.7 Å². The Kier molecular flexibility index (Phi) is 5.98. The first-order valence-electron chi connectivity index (χ1n) is 7.72. The molecule has 0 aliphatic heterocycles. The van der Waals surface area contributed by atoms with Gasteiger partial charge in [-0.2, -0.15) is 5.10 Å². The summed E-state index contributed by atoms with van der Waals surface area (Å²) in [6.45, 7) is 0.535. The molecule has 26 heavy (non-hydrogen) atoms. The number of methoxy groups -OCH3 is 1. The maximum Gasteiger partial charge on any atom is 0.175 e. The summed E-state index contributed by atoms with van der Waals surface area (Å²) in [5, 5.41) is 12.2. The molecule has 0 radical (unpaired) electrons. The maximum absolute atomic E-state index is 6.20. The van der Waals surface area contributed by atoms with Gasteiger partial charge in [-0.25, -0.2) is 0 Å². The lowest BCUT2D eigenvalue weighted by molar-refractivity contribution is 0.415. The molecule has 0 atom stereocenters. The lowest BCUT2D eigenvalue weighted by Gasteiger charge is -2.10. The zero-order chi connectivity index (χ0) is 18.5. The van der Waals surface area contributed by atoms with Crippen molar-refractivity contribution in [3.8, 4) is 5.75 Å². The van der Waals surface area contributed by atoms with Gasteiger partial charge in [0, 0.05) is 28.0 Å². The summed E-state index contributed by atoms with van der Waals surface area (Å²) in [5.74, 6) is 0.755. The summed E-state index contributed by atoms with van der Waals surface area (Å²) >= 11 is 17.5. The van der Waals surface area contributed by atoms with Crippen LogP contribution in [0, 0.1) is 0 Å². The number of aromatic nitrogens is 2. The van der Waals surface area contributed by atoms with E-state index in [1.54, 1.807) is 30.1 Å². The van der Waals surface area contributed by atoms with Gasteiger partial charge in [-0.15, -0.1) is 0 Å². The smallest absolute Gasteiger partial charge is 0.175 e. The second kappa shape index (κ2) is 8.40. The minimum atomic E-state index is 0.460. The van der Waals surface area contributed by atoms with Crippen LogP contribution in [0.4, 0.5) is 11.4 Å².